The van der Waals surface area contributed by atoms with Crippen LogP contribution in [0.1, 0.15) is 55.1 Å². The van der Waals surface area contributed by atoms with E-state index in [0.717, 1.165) is 17.3 Å². The van der Waals surface area contributed by atoms with Crippen molar-refractivity contribution in [2.24, 2.45) is 10.2 Å². The van der Waals surface area contributed by atoms with E-state index in [2.05, 4.69) is 22.0 Å². The summed E-state index contributed by atoms with van der Waals surface area (Å²) in [5.41, 5.74) is 5.52. The van der Waals surface area contributed by atoms with Crippen LogP contribution in [0.15, 0.2) is 34.3 Å². The third kappa shape index (κ3) is 4.65. The molecular formula is C19H25N5O4S. The lowest BCUT2D eigenvalue weighted by Gasteiger charge is -2.26. The Kier molecular flexibility index (Phi) is 6.04. The van der Waals surface area contributed by atoms with Gasteiger partial charge in [0.25, 0.3) is 5.69 Å². The van der Waals surface area contributed by atoms with E-state index in [-0.39, 0.29) is 10.6 Å². The highest BCUT2D eigenvalue weighted by molar-refractivity contribution is 7.89. The second kappa shape index (κ2) is 8.34. The zero-order valence-electron chi connectivity index (χ0n) is 16.5. The summed E-state index contributed by atoms with van der Waals surface area (Å²) in [4.78, 5) is 10.3. The number of hydrazone groups is 1. The van der Waals surface area contributed by atoms with Crippen LogP contribution in [0.2, 0.25) is 0 Å². The molecule has 3 N–H and O–H groups in total. The third-order valence-corrected chi connectivity index (χ3v) is 6.26. The van der Waals surface area contributed by atoms with E-state index in [0.29, 0.717) is 6.04 Å². The van der Waals surface area contributed by atoms with Crippen LogP contribution < -0.4 is 10.6 Å². The van der Waals surface area contributed by atoms with Crippen LogP contribution in [0.3, 0.4) is 0 Å². The summed E-state index contributed by atoms with van der Waals surface area (Å²) in [7, 11) is -4.03. The molecule has 0 saturated heterocycles. The summed E-state index contributed by atoms with van der Waals surface area (Å²) in [5.74, 6) is 0. The Morgan fingerprint density at radius 1 is 1.24 bits per heavy atom. The van der Waals surface area contributed by atoms with Crippen molar-refractivity contribution in [2.45, 2.75) is 56.9 Å². The smallest absolute Gasteiger partial charge is 0.295 e. The van der Waals surface area contributed by atoms with Crippen LogP contribution in [-0.4, -0.2) is 24.1 Å². The van der Waals surface area contributed by atoms with Crippen LogP contribution >= 0.6 is 0 Å². The molecule has 0 unspecified atom stereocenters. The van der Waals surface area contributed by atoms with Gasteiger partial charge in [0.2, 0.25) is 10.0 Å². The van der Waals surface area contributed by atoms with Crippen molar-refractivity contribution >= 4 is 27.6 Å². The summed E-state index contributed by atoms with van der Waals surface area (Å²) in [6, 6.07) is 5.96. The number of sulfonamides is 1. The highest BCUT2D eigenvalue weighted by Crippen LogP contribution is 2.32. The van der Waals surface area contributed by atoms with E-state index in [1.165, 1.54) is 49.9 Å². The third-order valence-electron chi connectivity index (χ3n) is 5.35. The molecule has 0 amide bonds. The SMILES string of the molecule is Cc1cc(/C=N\Nc2ccc(S(N)(=O)=O)cc2[N+](=O)[O-])c(C)n1C1CCCCC1. The number of benzene rings is 1. The summed E-state index contributed by atoms with van der Waals surface area (Å²) in [6.45, 7) is 4.12. The molecule has 0 radical (unpaired) electrons. The van der Waals surface area contributed by atoms with Crippen molar-refractivity contribution in [2.75, 3.05) is 5.43 Å². The number of nitrogens with one attached hydrogen (secondary N) is 1. The van der Waals surface area contributed by atoms with Crippen molar-refractivity contribution in [3.05, 3.63) is 51.3 Å². The van der Waals surface area contributed by atoms with Gasteiger partial charge in [-0.25, -0.2) is 13.6 Å². The number of anilines is 1. The fraction of sp³-hybridized carbons (Fsp3) is 0.421. The first-order valence-corrected chi connectivity index (χ1v) is 11.0. The predicted octanol–water partition coefficient (Wildman–Crippen LogP) is 3.61. The molecule has 1 fully saturated rings. The number of nitrogens with zero attached hydrogens (tertiary/aromatic N) is 3. The van der Waals surface area contributed by atoms with Crippen LogP contribution in [0.25, 0.3) is 0 Å². The molecule has 0 aliphatic heterocycles. The Morgan fingerprint density at radius 3 is 2.55 bits per heavy atom. The van der Waals surface area contributed by atoms with E-state index < -0.39 is 20.6 Å². The maximum atomic E-state index is 11.4. The van der Waals surface area contributed by atoms with E-state index in [1.807, 2.05) is 13.0 Å². The van der Waals surface area contributed by atoms with Crippen molar-refractivity contribution in [1.29, 1.82) is 0 Å². The zero-order valence-corrected chi connectivity index (χ0v) is 17.3. The minimum Gasteiger partial charge on any atom is -0.345 e. The van der Waals surface area contributed by atoms with E-state index in [1.54, 1.807) is 6.21 Å². The molecule has 0 bridgehead atoms. The maximum absolute atomic E-state index is 11.4. The summed E-state index contributed by atoms with van der Waals surface area (Å²) < 4.78 is 25.2. The van der Waals surface area contributed by atoms with Gasteiger partial charge in [0.05, 0.1) is 16.0 Å². The Balaban J connectivity index is 1.82. The molecule has 156 valence electrons. The largest absolute Gasteiger partial charge is 0.345 e. The first kappa shape index (κ1) is 21.0. The van der Waals surface area contributed by atoms with Gasteiger partial charge in [-0.3, -0.25) is 15.5 Å². The van der Waals surface area contributed by atoms with Crippen LogP contribution in [0.5, 0.6) is 0 Å². The lowest BCUT2D eigenvalue weighted by Crippen LogP contribution is -2.15. The first-order valence-electron chi connectivity index (χ1n) is 9.47. The van der Waals surface area contributed by atoms with Crippen LogP contribution in [-0.2, 0) is 10.0 Å². The minimum atomic E-state index is -4.03. The van der Waals surface area contributed by atoms with Gasteiger partial charge in [-0.05, 0) is 44.9 Å². The van der Waals surface area contributed by atoms with Crippen LogP contribution in [0, 0.1) is 24.0 Å². The molecule has 1 aromatic heterocycles. The summed E-state index contributed by atoms with van der Waals surface area (Å²) in [6.07, 6.45) is 7.74. The Bertz CT molecular complexity index is 1050. The van der Waals surface area contributed by atoms with Crippen molar-refractivity contribution in [3.63, 3.8) is 0 Å². The van der Waals surface area contributed by atoms with Gasteiger partial charge in [0.15, 0.2) is 0 Å². The van der Waals surface area contributed by atoms with E-state index >= 15 is 0 Å². The second-order valence-corrected chi connectivity index (χ2v) is 8.90. The van der Waals surface area contributed by atoms with Crippen LogP contribution in [0.4, 0.5) is 11.4 Å². The molecule has 9 nitrogen and oxygen atoms in total. The molecule has 1 heterocycles. The van der Waals surface area contributed by atoms with Gasteiger partial charge in [-0.2, -0.15) is 5.10 Å². The predicted molar refractivity (Wildman–Crippen MR) is 112 cm³/mol. The van der Waals surface area contributed by atoms with E-state index in [9.17, 15) is 18.5 Å². The first-order chi connectivity index (χ1) is 13.7. The van der Waals surface area contributed by atoms with Gasteiger partial charge in [0.1, 0.15) is 5.69 Å². The molecule has 3 rings (SSSR count). The summed E-state index contributed by atoms with van der Waals surface area (Å²) in [5, 5.41) is 20.5. The fourth-order valence-corrected chi connectivity index (χ4v) is 4.47. The van der Waals surface area contributed by atoms with Gasteiger partial charge in [-0.1, -0.05) is 19.3 Å². The number of primary sulfonamides is 1. The minimum absolute atomic E-state index is 0.0831. The molecule has 1 aromatic carbocycles. The number of nitro benzene ring substituents is 1. The number of nitro groups is 1. The number of nitrogens with two attached hydrogens (primary N) is 1. The molecule has 2 aromatic rings. The molecule has 1 saturated carbocycles. The molecule has 29 heavy (non-hydrogen) atoms. The Morgan fingerprint density at radius 2 is 1.93 bits per heavy atom. The van der Waals surface area contributed by atoms with Gasteiger partial charge in [-0.15, -0.1) is 0 Å². The quantitative estimate of drug-likeness (QED) is 0.419. The monoisotopic (exact) mass is 419 g/mol. The maximum Gasteiger partial charge on any atom is 0.295 e. The van der Waals surface area contributed by atoms with Crippen molar-refractivity contribution in [3.8, 4) is 0 Å². The lowest BCUT2D eigenvalue weighted by atomic mass is 9.95. The number of rotatable bonds is 6. The molecule has 1 aliphatic carbocycles. The topological polar surface area (TPSA) is 133 Å². The standard InChI is InChI=1S/C19H25N5O4S/c1-13-10-15(14(2)23(13)16-6-4-3-5-7-16)12-21-22-18-9-8-17(29(20,27)28)11-19(18)24(25)26/h8-12,16,22H,3-7H2,1-2H3,(H2,20,27,28)/b21-12-. The van der Waals surface area contributed by atoms with Crippen molar-refractivity contribution in [1.82, 2.24) is 4.57 Å². The fourth-order valence-electron chi connectivity index (χ4n) is 3.94. The molecule has 0 spiro atoms. The Hall–Kier alpha value is -2.72. The normalized spacial score (nSPS) is 15.7. The molecular weight excluding hydrogens is 394 g/mol. The van der Waals surface area contributed by atoms with E-state index in [4.69, 9.17) is 5.14 Å². The number of hydrogen-bond donors (Lipinski definition) is 2. The molecule has 1 aliphatic rings. The number of aromatic nitrogens is 1. The average Bonchev–Trinajstić information content (AvgIpc) is 2.95. The highest BCUT2D eigenvalue weighted by atomic mass is 32.2. The summed E-state index contributed by atoms with van der Waals surface area (Å²) >= 11 is 0. The van der Waals surface area contributed by atoms with Crippen molar-refractivity contribution < 1.29 is 13.3 Å². The zero-order chi connectivity index (χ0) is 21.2. The highest BCUT2D eigenvalue weighted by Gasteiger charge is 2.20. The number of hydrogen-bond acceptors (Lipinski definition) is 6. The number of aryl methyl sites for hydroxylation is 1. The lowest BCUT2D eigenvalue weighted by molar-refractivity contribution is -0.384. The second-order valence-electron chi connectivity index (χ2n) is 7.34. The Labute approximate surface area is 169 Å². The van der Waals surface area contributed by atoms with Gasteiger partial charge < -0.3 is 4.57 Å². The molecule has 0 atom stereocenters. The van der Waals surface area contributed by atoms with Gasteiger partial charge >= 0.3 is 0 Å². The average molecular weight is 420 g/mol. The van der Waals surface area contributed by atoms with Gasteiger partial charge in [0, 0.05) is 29.1 Å². The molecule has 10 heteroatoms.